The second-order valence-electron chi connectivity index (χ2n) is 4.85. The van der Waals surface area contributed by atoms with E-state index in [9.17, 15) is 13.2 Å². The summed E-state index contributed by atoms with van der Waals surface area (Å²) in [4.78, 5) is 3.99. The van der Waals surface area contributed by atoms with E-state index in [1.54, 1.807) is 10.8 Å². The summed E-state index contributed by atoms with van der Waals surface area (Å²) in [7, 11) is 0. The van der Waals surface area contributed by atoms with Gasteiger partial charge in [-0.15, -0.1) is 0 Å². The summed E-state index contributed by atoms with van der Waals surface area (Å²) in [5.41, 5.74) is 3.85. The SMILES string of the molecule is FC(F)(F)CCn1cncc1-c1cccc2c1NCC2. The summed E-state index contributed by atoms with van der Waals surface area (Å²) in [6.07, 6.45) is -0.988. The van der Waals surface area contributed by atoms with Crippen LogP contribution in [0.3, 0.4) is 0 Å². The van der Waals surface area contributed by atoms with Crippen molar-refractivity contribution in [1.82, 2.24) is 9.55 Å². The van der Waals surface area contributed by atoms with Crippen molar-refractivity contribution in [1.29, 1.82) is 0 Å². The number of imidazole rings is 1. The summed E-state index contributed by atoms with van der Waals surface area (Å²) in [5, 5.41) is 3.29. The zero-order valence-electron chi connectivity index (χ0n) is 10.7. The van der Waals surface area contributed by atoms with E-state index in [1.165, 1.54) is 11.9 Å². The fraction of sp³-hybridized carbons (Fsp3) is 0.357. The van der Waals surface area contributed by atoms with Gasteiger partial charge in [-0.1, -0.05) is 18.2 Å². The van der Waals surface area contributed by atoms with Crippen LogP contribution in [0.4, 0.5) is 18.9 Å². The highest BCUT2D eigenvalue weighted by atomic mass is 19.4. The van der Waals surface area contributed by atoms with Crippen molar-refractivity contribution in [3.8, 4) is 11.3 Å². The van der Waals surface area contributed by atoms with Gasteiger partial charge in [0.1, 0.15) is 0 Å². The molecule has 0 saturated heterocycles. The first-order valence-corrected chi connectivity index (χ1v) is 6.47. The number of alkyl halides is 3. The number of aryl methyl sites for hydroxylation is 1. The number of halogens is 3. The Morgan fingerprint density at radius 1 is 1.30 bits per heavy atom. The molecule has 106 valence electrons. The summed E-state index contributed by atoms with van der Waals surface area (Å²) in [6, 6.07) is 5.88. The molecule has 3 rings (SSSR count). The molecule has 2 heterocycles. The second kappa shape index (κ2) is 4.85. The van der Waals surface area contributed by atoms with Gasteiger partial charge in [-0.2, -0.15) is 13.2 Å². The molecule has 20 heavy (non-hydrogen) atoms. The van der Waals surface area contributed by atoms with E-state index in [1.807, 2.05) is 18.2 Å². The normalized spacial score (nSPS) is 14.2. The summed E-state index contributed by atoms with van der Waals surface area (Å²) in [5.74, 6) is 0. The van der Waals surface area contributed by atoms with E-state index in [4.69, 9.17) is 0 Å². The number of hydrogen-bond donors (Lipinski definition) is 1. The predicted octanol–water partition coefficient (Wildman–Crippen LogP) is 3.47. The molecular formula is C14H14F3N3. The van der Waals surface area contributed by atoms with Crippen LogP contribution in [0, 0.1) is 0 Å². The maximum Gasteiger partial charge on any atom is 0.390 e. The van der Waals surface area contributed by atoms with Gasteiger partial charge < -0.3 is 9.88 Å². The molecule has 0 saturated carbocycles. The number of para-hydroxylation sites is 1. The van der Waals surface area contributed by atoms with Crippen LogP contribution >= 0.6 is 0 Å². The van der Waals surface area contributed by atoms with Crippen LogP contribution < -0.4 is 5.32 Å². The van der Waals surface area contributed by atoms with Gasteiger partial charge in [-0.3, -0.25) is 0 Å². The van der Waals surface area contributed by atoms with E-state index in [0.29, 0.717) is 0 Å². The molecule has 0 radical (unpaired) electrons. The van der Waals surface area contributed by atoms with Crippen LogP contribution in [0.2, 0.25) is 0 Å². The Labute approximate surface area is 114 Å². The predicted molar refractivity (Wildman–Crippen MR) is 70.5 cm³/mol. The van der Waals surface area contributed by atoms with Crippen LogP contribution in [-0.2, 0) is 13.0 Å². The highest BCUT2D eigenvalue weighted by molar-refractivity contribution is 5.79. The van der Waals surface area contributed by atoms with Gasteiger partial charge in [0.15, 0.2) is 0 Å². The van der Waals surface area contributed by atoms with E-state index in [-0.39, 0.29) is 6.54 Å². The Morgan fingerprint density at radius 3 is 2.95 bits per heavy atom. The Balaban J connectivity index is 1.92. The second-order valence-corrected chi connectivity index (χ2v) is 4.85. The van der Waals surface area contributed by atoms with Crippen molar-refractivity contribution >= 4 is 5.69 Å². The van der Waals surface area contributed by atoms with Gasteiger partial charge in [0.25, 0.3) is 0 Å². The maximum absolute atomic E-state index is 12.4. The van der Waals surface area contributed by atoms with E-state index in [2.05, 4.69) is 10.3 Å². The minimum atomic E-state index is -4.15. The van der Waals surface area contributed by atoms with Crippen molar-refractivity contribution in [3.05, 3.63) is 36.3 Å². The van der Waals surface area contributed by atoms with Crippen LogP contribution in [-0.4, -0.2) is 22.3 Å². The van der Waals surface area contributed by atoms with Crippen molar-refractivity contribution in [2.75, 3.05) is 11.9 Å². The maximum atomic E-state index is 12.4. The molecule has 0 bridgehead atoms. The quantitative estimate of drug-likeness (QED) is 0.933. The molecule has 0 spiro atoms. The lowest BCUT2D eigenvalue weighted by atomic mass is 10.1. The Hall–Kier alpha value is -1.98. The average molecular weight is 281 g/mol. The van der Waals surface area contributed by atoms with Gasteiger partial charge in [-0.25, -0.2) is 4.98 Å². The number of benzene rings is 1. The Bertz CT molecular complexity index is 616. The highest BCUT2D eigenvalue weighted by Gasteiger charge is 2.27. The lowest BCUT2D eigenvalue weighted by molar-refractivity contribution is -0.136. The van der Waals surface area contributed by atoms with Crippen LogP contribution in [0.25, 0.3) is 11.3 Å². The number of rotatable bonds is 3. The zero-order chi connectivity index (χ0) is 14.2. The molecule has 3 nitrogen and oxygen atoms in total. The molecule has 2 aromatic rings. The molecule has 1 aromatic carbocycles. The molecule has 1 aliphatic heterocycles. The third-order valence-electron chi connectivity index (χ3n) is 3.47. The number of aromatic nitrogens is 2. The first-order valence-electron chi connectivity index (χ1n) is 6.47. The first kappa shape index (κ1) is 13.0. The number of nitrogens with one attached hydrogen (secondary N) is 1. The minimum absolute atomic E-state index is 0.109. The first-order chi connectivity index (χ1) is 9.54. The van der Waals surface area contributed by atoms with E-state index < -0.39 is 12.6 Å². The minimum Gasteiger partial charge on any atom is -0.384 e. The largest absolute Gasteiger partial charge is 0.390 e. The lowest BCUT2D eigenvalue weighted by Crippen LogP contribution is -2.12. The van der Waals surface area contributed by atoms with Crippen molar-refractivity contribution in [2.45, 2.75) is 25.6 Å². The molecule has 0 unspecified atom stereocenters. The highest BCUT2D eigenvalue weighted by Crippen LogP contribution is 2.34. The fourth-order valence-electron chi connectivity index (χ4n) is 2.52. The fourth-order valence-corrected chi connectivity index (χ4v) is 2.52. The monoisotopic (exact) mass is 281 g/mol. The van der Waals surface area contributed by atoms with Gasteiger partial charge in [0, 0.05) is 24.3 Å². The third-order valence-corrected chi connectivity index (χ3v) is 3.47. The van der Waals surface area contributed by atoms with Gasteiger partial charge in [-0.05, 0) is 12.0 Å². The molecule has 0 fully saturated rings. The topological polar surface area (TPSA) is 29.9 Å². The number of fused-ring (bicyclic) bond motifs is 1. The van der Waals surface area contributed by atoms with Crippen LogP contribution in [0.1, 0.15) is 12.0 Å². The molecule has 0 aliphatic carbocycles. The molecule has 0 atom stereocenters. The van der Waals surface area contributed by atoms with Crippen molar-refractivity contribution < 1.29 is 13.2 Å². The standard InChI is InChI=1S/C14H14F3N3/c15-14(16,17)5-7-20-9-18-8-12(20)11-3-1-2-10-4-6-19-13(10)11/h1-3,8-9,19H,4-7H2. The average Bonchev–Trinajstić information content (AvgIpc) is 3.03. The summed E-state index contributed by atoms with van der Waals surface area (Å²) >= 11 is 0. The zero-order valence-corrected chi connectivity index (χ0v) is 10.7. The van der Waals surface area contributed by atoms with Gasteiger partial charge in [0.05, 0.1) is 24.6 Å². The van der Waals surface area contributed by atoms with Crippen LogP contribution in [0.15, 0.2) is 30.7 Å². The molecule has 0 amide bonds. The Kier molecular flexibility index (Phi) is 3.16. The smallest absolute Gasteiger partial charge is 0.384 e. The van der Waals surface area contributed by atoms with Gasteiger partial charge >= 0.3 is 6.18 Å². The van der Waals surface area contributed by atoms with Crippen molar-refractivity contribution in [2.24, 2.45) is 0 Å². The molecule has 6 heteroatoms. The molecular weight excluding hydrogens is 267 g/mol. The van der Waals surface area contributed by atoms with Crippen LogP contribution in [0.5, 0.6) is 0 Å². The number of anilines is 1. The number of nitrogens with zero attached hydrogens (tertiary/aromatic N) is 2. The molecule has 1 N–H and O–H groups in total. The Morgan fingerprint density at radius 2 is 2.15 bits per heavy atom. The number of hydrogen-bond acceptors (Lipinski definition) is 2. The molecule has 1 aliphatic rings. The molecule has 1 aromatic heterocycles. The van der Waals surface area contributed by atoms with E-state index >= 15 is 0 Å². The third kappa shape index (κ3) is 2.50. The lowest BCUT2D eigenvalue weighted by Gasteiger charge is -2.13. The van der Waals surface area contributed by atoms with Gasteiger partial charge in [0.2, 0.25) is 0 Å². The van der Waals surface area contributed by atoms with Crippen molar-refractivity contribution in [3.63, 3.8) is 0 Å². The summed E-state index contributed by atoms with van der Waals surface area (Å²) < 4.78 is 38.6. The summed E-state index contributed by atoms with van der Waals surface area (Å²) in [6.45, 7) is 0.755. The van der Waals surface area contributed by atoms with E-state index in [0.717, 1.165) is 29.9 Å².